The fourth-order valence-corrected chi connectivity index (χ4v) is 6.58. The third-order valence-corrected chi connectivity index (χ3v) is 7.06. The molecule has 0 unspecified atom stereocenters. The van der Waals surface area contributed by atoms with E-state index in [0.29, 0.717) is 5.91 Å². The predicted octanol–water partition coefficient (Wildman–Crippen LogP) is 4.23. The molecule has 5 rings (SSSR count). The number of carbonyl (C=O) groups is 1. The van der Waals surface area contributed by atoms with Gasteiger partial charge in [0, 0.05) is 11.9 Å². The van der Waals surface area contributed by atoms with Crippen LogP contribution in [0.2, 0.25) is 0 Å². The van der Waals surface area contributed by atoms with E-state index in [0.717, 1.165) is 24.3 Å². The van der Waals surface area contributed by atoms with Gasteiger partial charge < -0.3 is 4.90 Å². The first kappa shape index (κ1) is 13.8. The molecule has 0 atom stereocenters. The van der Waals surface area contributed by atoms with Crippen LogP contribution in [0.5, 0.6) is 0 Å². The van der Waals surface area contributed by atoms with Gasteiger partial charge in [-0.25, -0.2) is 0 Å². The zero-order chi connectivity index (χ0) is 14.6. The second-order valence-corrected chi connectivity index (χ2v) is 8.95. The van der Waals surface area contributed by atoms with Crippen LogP contribution in [0.4, 0.5) is 0 Å². The van der Waals surface area contributed by atoms with E-state index in [9.17, 15) is 4.79 Å². The van der Waals surface area contributed by atoms with Crippen LogP contribution in [0.25, 0.3) is 0 Å². The molecule has 0 aromatic carbocycles. The minimum absolute atomic E-state index is 0.00973. The first-order valence-corrected chi connectivity index (χ1v) is 9.22. The van der Waals surface area contributed by atoms with Gasteiger partial charge in [-0.15, -0.1) is 11.3 Å². The van der Waals surface area contributed by atoms with E-state index < -0.39 is 0 Å². The number of carbonyl (C=O) groups excluding carboxylic acids is 1. The number of aryl methyl sites for hydroxylation is 1. The summed E-state index contributed by atoms with van der Waals surface area (Å²) in [5.41, 5.74) is 1.32. The minimum Gasteiger partial charge on any atom is -0.340 e. The molecule has 4 fully saturated rings. The highest BCUT2D eigenvalue weighted by Gasteiger charge is 2.55. The Morgan fingerprint density at radius 1 is 1.24 bits per heavy atom. The van der Waals surface area contributed by atoms with Crippen LogP contribution < -0.4 is 0 Å². The number of hydrogen-bond acceptors (Lipinski definition) is 2. The molecule has 0 aliphatic heterocycles. The van der Waals surface area contributed by atoms with Crippen molar-refractivity contribution in [3.63, 3.8) is 0 Å². The van der Waals surface area contributed by atoms with Crippen LogP contribution in [0.1, 0.15) is 49.0 Å². The molecule has 4 bridgehead atoms. The molecule has 0 N–H and O–H groups in total. The van der Waals surface area contributed by atoms with Crippen LogP contribution in [0.15, 0.2) is 11.4 Å². The van der Waals surface area contributed by atoms with Crippen LogP contribution in [-0.2, 0) is 11.3 Å². The molecule has 0 saturated heterocycles. The van der Waals surface area contributed by atoms with Crippen molar-refractivity contribution in [2.24, 2.45) is 23.2 Å². The Balaban J connectivity index is 1.51. The molecule has 1 heterocycles. The molecule has 0 spiro atoms. The Labute approximate surface area is 131 Å². The molecule has 4 saturated carbocycles. The maximum Gasteiger partial charge on any atom is 0.228 e. The number of hydrogen-bond donors (Lipinski definition) is 0. The van der Waals surface area contributed by atoms with E-state index in [1.165, 1.54) is 49.0 Å². The fourth-order valence-electron chi connectivity index (χ4n) is 5.66. The van der Waals surface area contributed by atoms with Crippen molar-refractivity contribution in [2.75, 3.05) is 7.05 Å². The molecule has 1 amide bonds. The number of thiophene rings is 1. The van der Waals surface area contributed by atoms with Crippen molar-refractivity contribution >= 4 is 17.2 Å². The Kier molecular flexibility index (Phi) is 3.18. The van der Waals surface area contributed by atoms with Crippen LogP contribution >= 0.6 is 11.3 Å². The lowest BCUT2D eigenvalue weighted by atomic mass is 9.49. The number of rotatable bonds is 3. The summed E-state index contributed by atoms with van der Waals surface area (Å²) < 4.78 is 0. The predicted molar refractivity (Wildman–Crippen MR) is 86.1 cm³/mol. The Morgan fingerprint density at radius 3 is 2.29 bits per heavy atom. The summed E-state index contributed by atoms with van der Waals surface area (Å²) in [6, 6.07) is 2.22. The SMILES string of the molecule is Cc1csc(CN(C)C(=O)C23CC4CC(CC(C4)C2)C3)c1. The summed E-state index contributed by atoms with van der Waals surface area (Å²) in [6.07, 6.45) is 7.73. The van der Waals surface area contributed by atoms with Crippen molar-refractivity contribution in [3.05, 3.63) is 21.9 Å². The second-order valence-electron chi connectivity index (χ2n) is 7.95. The van der Waals surface area contributed by atoms with E-state index in [1.54, 1.807) is 11.3 Å². The Morgan fingerprint density at radius 2 is 1.81 bits per heavy atom. The first-order valence-electron chi connectivity index (χ1n) is 8.34. The van der Waals surface area contributed by atoms with Crippen molar-refractivity contribution < 1.29 is 4.79 Å². The lowest BCUT2D eigenvalue weighted by molar-refractivity contribution is -0.156. The fraction of sp³-hybridized carbons (Fsp3) is 0.722. The normalized spacial score (nSPS) is 37.0. The lowest BCUT2D eigenvalue weighted by Gasteiger charge is -2.56. The van der Waals surface area contributed by atoms with Gasteiger partial charge in [0.15, 0.2) is 0 Å². The summed E-state index contributed by atoms with van der Waals surface area (Å²) in [7, 11) is 2.01. The highest BCUT2D eigenvalue weighted by atomic mass is 32.1. The first-order chi connectivity index (χ1) is 10.0. The highest BCUT2D eigenvalue weighted by molar-refractivity contribution is 7.10. The summed E-state index contributed by atoms with van der Waals surface area (Å²) >= 11 is 1.78. The van der Waals surface area contributed by atoms with Crippen molar-refractivity contribution in [3.8, 4) is 0 Å². The van der Waals surface area contributed by atoms with E-state index >= 15 is 0 Å². The Hall–Kier alpha value is -0.830. The smallest absolute Gasteiger partial charge is 0.228 e. The third kappa shape index (κ3) is 2.34. The van der Waals surface area contributed by atoms with E-state index in [-0.39, 0.29) is 5.41 Å². The average Bonchev–Trinajstić information content (AvgIpc) is 2.81. The van der Waals surface area contributed by atoms with Crippen molar-refractivity contribution in [2.45, 2.75) is 52.0 Å². The summed E-state index contributed by atoms with van der Waals surface area (Å²) in [6.45, 7) is 2.92. The molecule has 0 radical (unpaired) electrons. The molecule has 21 heavy (non-hydrogen) atoms. The number of nitrogens with zero attached hydrogens (tertiary/aromatic N) is 1. The molecule has 4 aliphatic rings. The van der Waals surface area contributed by atoms with E-state index in [2.05, 4.69) is 18.4 Å². The van der Waals surface area contributed by atoms with Gasteiger partial charge in [0.05, 0.1) is 12.0 Å². The van der Waals surface area contributed by atoms with Gasteiger partial charge in [-0.2, -0.15) is 0 Å². The molecule has 1 aromatic rings. The van der Waals surface area contributed by atoms with Gasteiger partial charge in [0.25, 0.3) is 0 Å². The van der Waals surface area contributed by atoms with Crippen LogP contribution in [0.3, 0.4) is 0 Å². The van der Waals surface area contributed by atoms with E-state index in [4.69, 9.17) is 0 Å². The third-order valence-electron chi connectivity index (χ3n) is 6.02. The Bertz CT molecular complexity index is 526. The zero-order valence-electron chi connectivity index (χ0n) is 13.1. The van der Waals surface area contributed by atoms with E-state index in [1.807, 2.05) is 11.9 Å². The molecule has 2 nitrogen and oxygen atoms in total. The minimum atomic E-state index is 0.00973. The molecule has 4 aliphatic carbocycles. The quantitative estimate of drug-likeness (QED) is 0.818. The van der Waals surface area contributed by atoms with Gasteiger partial charge >= 0.3 is 0 Å². The average molecular weight is 303 g/mol. The van der Waals surface area contributed by atoms with Crippen molar-refractivity contribution in [1.82, 2.24) is 4.90 Å². The standard InChI is InChI=1S/C18H25NOS/c1-12-3-16(21-11-12)10-19(2)17(20)18-7-13-4-14(8-18)6-15(5-13)9-18/h3,11,13-15H,4-10H2,1-2H3. The van der Waals surface area contributed by atoms with Crippen LogP contribution in [0, 0.1) is 30.1 Å². The molecular weight excluding hydrogens is 278 g/mol. The maximum absolute atomic E-state index is 13.1. The van der Waals surface area contributed by atoms with Crippen molar-refractivity contribution in [1.29, 1.82) is 0 Å². The summed E-state index contributed by atoms with van der Waals surface area (Å²) in [5.74, 6) is 2.97. The van der Waals surface area contributed by atoms with Gasteiger partial charge in [-0.3, -0.25) is 4.79 Å². The number of amides is 1. The molecule has 114 valence electrons. The van der Waals surface area contributed by atoms with Gasteiger partial charge in [0.1, 0.15) is 0 Å². The molecule has 3 heteroatoms. The van der Waals surface area contributed by atoms with Gasteiger partial charge in [0.2, 0.25) is 5.91 Å². The second kappa shape index (κ2) is 4.84. The summed E-state index contributed by atoms with van der Waals surface area (Å²) in [5, 5.41) is 2.18. The summed E-state index contributed by atoms with van der Waals surface area (Å²) in [4.78, 5) is 16.5. The highest BCUT2D eigenvalue weighted by Crippen LogP contribution is 2.60. The largest absolute Gasteiger partial charge is 0.340 e. The topological polar surface area (TPSA) is 20.3 Å². The molecule has 1 aromatic heterocycles. The maximum atomic E-state index is 13.1. The zero-order valence-corrected chi connectivity index (χ0v) is 13.9. The monoisotopic (exact) mass is 303 g/mol. The lowest BCUT2D eigenvalue weighted by Crippen LogP contribution is -2.53. The van der Waals surface area contributed by atoms with Gasteiger partial charge in [-0.1, -0.05) is 0 Å². The molecular formula is C18H25NOS. The van der Waals surface area contributed by atoms with Crippen LogP contribution in [-0.4, -0.2) is 17.9 Å². The van der Waals surface area contributed by atoms with Gasteiger partial charge in [-0.05, 0) is 80.2 Å².